The van der Waals surface area contributed by atoms with Crippen molar-refractivity contribution < 1.29 is 14.4 Å². The molecule has 1 saturated heterocycles. The SMILES string of the molecule is CC(C)NC(=O)c1ccc(Cl)c(NC(=O)c2ccc(N3CCCCC3=O)cc2)c1. The molecule has 2 aromatic carbocycles. The number of amides is 3. The number of nitrogens with zero attached hydrogens (tertiary/aromatic N) is 1. The Morgan fingerprint density at radius 1 is 1.00 bits per heavy atom. The van der Waals surface area contributed by atoms with Crippen LogP contribution in [0.2, 0.25) is 5.02 Å². The van der Waals surface area contributed by atoms with Crippen LogP contribution in [0.1, 0.15) is 53.8 Å². The Balaban J connectivity index is 1.73. The number of hydrogen-bond acceptors (Lipinski definition) is 3. The van der Waals surface area contributed by atoms with E-state index in [0.29, 0.717) is 34.8 Å². The Morgan fingerprint density at radius 3 is 2.34 bits per heavy atom. The van der Waals surface area contributed by atoms with Crippen molar-refractivity contribution in [2.24, 2.45) is 0 Å². The molecule has 0 aliphatic carbocycles. The molecule has 0 spiro atoms. The topological polar surface area (TPSA) is 78.5 Å². The van der Waals surface area contributed by atoms with Crippen molar-refractivity contribution in [3.05, 3.63) is 58.6 Å². The van der Waals surface area contributed by atoms with Crippen molar-refractivity contribution in [1.29, 1.82) is 0 Å². The van der Waals surface area contributed by atoms with E-state index in [9.17, 15) is 14.4 Å². The average Bonchev–Trinajstić information content (AvgIpc) is 2.69. The van der Waals surface area contributed by atoms with Gasteiger partial charge in [-0.2, -0.15) is 0 Å². The van der Waals surface area contributed by atoms with Crippen LogP contribution in [-0.2, 0) is 4.79 Å². The minimum Gasteiger partial charge on any atom is -0.350 e. The summed E-state index contributed by atoms with van der Waals surface area (Å²) in [7, 11) is 0. The molecule has 7 heteroatoms. The molecule has 1 fully saturated rings. The van der Waals surface area contributed by atoms with Gasteiger partial charge in [0, 0.05) is 35.8 Å². The summed E-state index contributed by atoms with van der Waals surface area (Å²) < 4.78 is 0. The van der Waals surface area contributed by atoms with Crippen LogP contribution in [0.3, 0.4) is 0 Å². The van der Waals surface area contributed by atoms with Gasteiger partial charge in [-0.3, -0.25) is 14.4 Å². The Kier molecular flexibility index (Phi) is 6.54. The molecular weight excluding hydrogens is 390 g/mol. The second-order valence-electron chi connectivity index (χ2n) is 7.33. The first-order chi connectivity index (χ1) is 13.8. The summed E-state index contributed by atoms with van der Waals surface area (Å²) in [5.74, 6) is -0.468. The molecule has 0 atom stereocenters. The summed E-state index contributed by atoms with van der Waals surface area (Å²) >= 11 is 6.19. The lowest BCUT2D eigenvalue weighted by molar-refractivity contribution is -0.119. The molecule has 0 saturated carbocycles. The first-order valence-electron chi connectivity index (χ1n) is 9.67. The Hall–Kier alpha value is -2.86. The lowest BCUT2D eigenvalue weighted by Crippen LogP contribution is -2.35. The Labute approximate surface area is 175 Å². The number of carbonyl (C=O) groups is 3. The van der Waals surface area contributed by atoms with E-state index >= 15 is 0 Å². The molecule has 3 amide bonds. The van der Waals surface area contributed by atoms with Crippen molar-refractivity contribution in [2.45, 2.75) is 39.2 Å². The molecule has 29 heavy (non-hydrogen) atoms. The largest absolute Gasteiger partial charge is 0.350 e. The van der Waals surface area contributed by atoms with E-state index in [2.05, 4.69) is 10.6 Å². The van der Waals surface area contributed by atoms with Gasteiger partial charge < -0.3 is 15.5 Å². The van der Waals surface area contributed by atoms with E-state index < -0.39 is 0 Å². The molecule has 1 heterocycles. The van der Waals surface area contributed by atoms with Crippen molar-refractivity contribution in [2.75, 3.05) is 16.8 Å². The maximum absolute atomic E-state index is 12.6. The molecular formula is C22H24ClN3O3. The first-order valence-corrected chi connectivity index (χ1v) is 10.0. The van der Waals surface area contributed by atoms with Gasteiger partial charge in [0.25, 0.3) is 11.8 Å². The highest BCUT2D eigenvalue weighted by atomic mass is 35.5. The van der Waals surface area contributed by atoms with Gasteiger partial charge in [0.2, 0.25) is 5.91 Å². The zero-order valence-corrected chi connectivity index (χ0v) is 17.3. The van der Waals surface area contributed by atoms with Crippen molar-refractivity contribution in [3.63, 3.8) is 0 Å². The third-order valence-corrected chi connectivity index (χ3v) is 4.99. The third kappa shape index (κ3) is 5.15. The van der Waals surface area contributed by atoms with E-state index in [-0.39, 0.29) is 23.8 Å². The summed E-state index contributed by atoms with van der Waals surface area (Å²) in [6.07, 6.45) is 2.46. The summed E-state index contributed by atoms with van der Waals surface area (Å²) in [5, 5.41) is 5.90. The molecule has 0 radical (unpaired) electrons. The number of nitrogens with one attached hydrogen (secondary N) is 2. The van der Waals surface area contributed by atoms with E-state index in [1.807, 2.05) is 13.8 Å². The average molecular weight is 414 g/mol. The van der Waals surface area contributed by atoms with Gasteiger partial charge in [-0.1, -0.05) is 11.6 Å². The molecule has 2 N–H and O–H groups in total. The predicted octanol–water partition coefficient (Wildman–Crippen LogP) is 4.25. The molecule has 3 rings (SSSR count). The van der Waals surface area contributed by atoms with Crippen LogP contribution < -0.4 is 15.5 Å². The third-order valence-electron chi connectivity index (χ3n) is 4.66. The van der Waals surface area contributed by atoms with Crippen LogP contribution in [0.4, 0.5) is 11.4 Å². The number of piperidine rings is 1. The van der Waals surface area contributed by atoms with Crippen molar-refractivity contribution in [3.8, 4) is 0 Å². The summed E-state index contributed by atoms with van der Waals surface area (Å²) in [6, 6.07) is 11.6. The van der Waals surface area contributed by atoms with Gasteiger partial charge in [0.15, 0.2) is 0 Å². The van der Waals surface area contributed by atoms with Crippen LogP contribution in [0.15, 0.2) is 42.5 Å². The predicted molar refractivity (Wildman–Crippen MR) is 115 cm³/mol. The van der Waals surface area contributed by atoms with Crippen molar-refractivity contribution >= 4 is 40.7 Å². The fourth-order valence-corrected chi connectivity index (χ4v) is 3.34. The van der Waals surface area contributed by atoms with Crippen LogP contribution in [0.25, 0.3) is 0 Å². The number of anilines is 2. The zero-order valence-electron chi connectivity index (χ0n) is 16.5. The Morgan fingerprint density at radius 2 is 1.69 bits per heavy atom. The van der Waals surface area contributed by atoms with E-state index in [1.165, 1.54) is 0 Å². The summed E-state index contributed by atoms with van der Waals surface area (Å²) in [4.78, 5) is 38.6. The second-order valence-corrected chi connectivity index (χ2v) is 7.73. The number of rotatable bonds is 5. The van der Waals surface area contributed by atoms with Gasteiger partial charge >= 0.3 is 0 Å². The quantitative estimate of drug-likeness (QED) is 0.769. The van der Waals surface area contributed by atoms with Crippen LogP contribution >= 0.6 is 11.6 Å². The van der Waals surface area contributed by atoms with Crippen molar-refractivity contribution in [1.82, 2.24) is 5.32 Å². The van der Waals surface area contributed by atoms with E-state index in [4.69, 9.17) is 11.6 Å². The number of hydrogen-bond donors (Lipinski definition) is 2. The fourth-order valence-electron chi connectivity index (χ4n) is 3.17. The first kappa shape index (κ1) is 20.9. The smallest absolute Gasteiger partial charge is 0.255 e. The highest BCUT2D eigenvalue weighted by Crippen LogP contribution is 2.25. The van der Waals surface area contributed by atoms with Crippen LogP contribution in [-0.4, -0.2) is 30.3 Å². The zero-order chi connectivity index (χ0) is 21.0. The standard InChI is InChI=1S/C22H24ClN3O3/c1-14(2)24-22(29)16-8-11-18(23)19(13-16)25-21(28)15-6-9-17(10-7-15)26-12-4-3-5-20(26)27/h6-11,13-14H,3-5,12H2,1-2H3,(H,24,29)(H,25,28). The van der Waals surface area contributed by atoms with Gasteiger partial charge in [-0.05, 0) is 69.2 Å². The molecule has 2 aromatic rings. The molecule has 6 nitrogen and oxygen atoms in total. The van der Waals surface area contributed by atoms with Gasteiger partial charge in [-0.25, -0.2) is 0 Å². The highest BCUT2D eigenvalue weighted by Gasteiger charge is 2.20. The monoisotopic (exact) mass is 413 g/mol. The molecule has 0 unspecified atom stereocenters. The summed E-state index contributed by atoms with van der Waals surface area (Å²) in [6.45, 7) is 4.44. The molecule has 0 aromatic heterocycles. The van der Waals surface area contributed by atoms with Crippen LogP contribution in [0.5, 0.6) is 0 Å². The maximum atomic E-state index is 12.6. The molecule has 152 valence electrons. The molecule has 1 aliphatic heterocycles. The van der Waals surface area contributed by atoms with Gasteiger partial charge in [0.05, 0.1) is 10.7 Å². The summed E-state index contributed by atoms with van der Waals surface area (Å²) in [5.41, 5.74) is 2.00. The van der Waals surface area contributed by atoms with E-state index in [0.717, 1.165) is 18.5 Å². The number of benzene rings is 2. The number of carbonyl (C=O) groups excluding carboxylic acids is 3. The number of halogens is 1. The van der Waals surface area contributed by atoms with Crippen LogP contribution in [0, 0.1) is 0 Å². The normalized spacial score (nSPS) is 14.1. The second kappa shape index (κ2) is 9.09. The fraction of sp³-hybridized carbons (Fsp3) is 0.318. The lowest BCUT2D eigenvalue weighted by atomic mass is 10.1. The minimum atomic E-state index is -0.343. The van der Waals surface area contributed by atoms with Gasteiger partial charge in [0.1, 0.15) is 0 Å². The molecule has 1 aliphatic rings. The van der Waals surface area contributed by atoms with E-state index in [1.54, 1.807) is 47.4 Å². The minimum absolute atomic E-state index is 0.00141. The Bertz CT molecular complexity index is 925. The highest BCUT2D eigenvalue weighted by molar-refractivity contribution is 6.34. The van der Waals surface area contributed by atoms with Gasteiger partial charge in [-0.15, -0.1) is 0 Å². The molecule has 0 bridgehead atoms. The lowest BCUT2D eigenvalue weighted by Gasteiger charge is -2.26. The maximum Gasteiger partial charge on any atom is 0.255 e.